The van der Waals surface area contributed by atoms with Gasteiger partial charge in [0.25, 0.3) is 0 Å². The Hall–Kier alpha value is -1.06. The molecule has 0 saturated heterocycles. The normalized spacial score (nSPS) is 10.2. The van der Waals surface area contributed by atoms with E-state index in [-0.39, 0.29) is 12.4 Å². The smallest absolute Gasteiger partial charge is 0.119 e. The zero-order valence-corrected chi connectivity index (χ0v) is 6.95. The van der Waals surface area contributed by atoms with Gasteiger partial charge in [-0.25, -0.2) is 4.89 Å². The number of hydrogen-bond acceptors (Lipinski definition) is 3. The van der Waals surface area contributed by atoms with Crippen LogP contribution in [0.3, 0.4) is 0 Å². The summed E-state index contributed by atoms with van der Waals surface area (Å²) in [5.74, 6) is 0.257. The second-order valence-corrected chi connectivity index (χ2v) is 2.59. The molecule has 1 rings (SSSR count). The summed E-state index contributed by atoms with van der Waals surface area (Å²) in [4.78, 5) is 3.95. The molecular weight excluding hydrogens is 156 g/mol. The van der Waals surface area contributed by atoms with Gasteiger partial charge in [-0.3, -0.25) is 5.26 Å². The fraction of sp³-hybridized carbons (Fsp3) is 0.333. The lowest BCUT2D eigenvalue weighted by molar-refractivity contribution is -0.253. The molecule has 12 heavy (non-hydrogen) atoms. The molecule has 3 heteroatoms. The predicted octanol–water partition coefficient (Wildman–Crippen LogP) is 1.94. The van der Waals surface area contributed by atoms with Crippen molar-refractivity contribution in [3.05, 3.63) is 29.3 Å². The van der Waals surface area contributed by atoms with Crippen molar-refractivity contribution in [1.29, 1.82) is 0 Å². The SMILES string of the molecule is CCc1ccc(COO)cc1O. The number of aromatic hydroxyl groups is 1. The highest BCUT2D eigenvalue weighted by molar-refractivity contribution is 5.36. The van der Waals surface area contributed by atoms with Gasteiger partial charge in [-0.15, -0.1) is 0 Å². The van der Waals surface area contributed by atoms with E-state index < -0.39 is 0 Å². The van der Waals surface area contributed by atoms with Gasteiger partial charge in [0.15, 0.2) is 0 Å². The molecule has 2 N–H and O–H groups in total. The fourth-order valence-electron chi connectivity index (χ4n) is 1.07. The summed E-state index contributed by atoms with van der Waals surface area (Å²) in [6.07, 6.45) is 0.798. The Labute approximate surface area is 71.2 Å². The molecule has 1 aromatic carbocycles. The summed E-state index contributed by atoms with van der Waals surface area (Å²) in [7, 11) is 0. The van der Waals surface area contributed by atoms with Gasteiger partial charge in [0.05, 0.1) is 0 Å². The second-order valence-electron chi connectivity index (χ2n) is 2.59. The van der Waals surface area contributed by atoms with Crippen molar-refractivity contribution in [2.75, 3.05) is 0 Å². The average Bonchev–Trinajstić information content (AvgIpc) is 2.05. The van der Waals surface area contributed by atoms with Crippen LogP contribution in [0, 0.1) is 0 Å². The Morgan fingerprint density at radius 3 is 2.67 bits per heavy atom. The van der Waals surface area contributed by atoms with Gasteiger partial charge in [0.1, 0.15) is 12.4 Å². The van der Waals surface area contributed by atoms with Crippen LogP contribution in [0.4, 0.5) is 0 Å². The van der Waals surface area contributed by atoms with Crippen LogP contribution in [0.15, 0.2) is 18.2 Å². The van der Waals surface area contributed by atoms with Gasteiger partial charge >= 0.3 is 0 Å². The largest absolute Gasteiger partial charge is 0.508 e. The number of phenolic OH excluding ortho intramolecular Hbond substituents is 1. The van der Waals surface area contributed by atoms with Gasteiger partial charge < -0.3 is 5.11 Å². The molecule has 0 aliphatic heterocycles. The molecule has 0 heterocycles. The lowest BCUT2D eigenvalue weighted by Gasteiger charge is -2.03. The number of hydrogen-bond donors (Lipinski definition) is 2. The first-order chi connectivity index (χ1) is 5.77. The average molecular weight is 168 g/mol. The molecule has 0 spiro atoms. The van der Waals surface area contributed by atoms with E-state index in [0.29, 0.717) is 0 Å². The van der Waals surface area contributed by atoms with Crippen LogP contribution in [0.2, 0.25) is 0 Å². The van der Waals surface area contributed by atoms with Crippen LogP contribution in [-0.2, 0) is 17.9 Å². The minimum Gasteiger partial charge on any atom is -0.508 e. The van der Waals surface area contributed by atoms with Gasteiger partial charge in [0.2, 0.25) is 0 Å². The van der Waals surface area contributed by atoms with Crippen LogP contribution >= 0.6 is 0 Å². The van der Waals surface area contributed by atoms with Crippen LogP contribution < -0.4 is 0 Å². The van der Waals surface area contributed by atoms with Crippen molar-refractivity contribution in [3.63, 3.8) is 0 Å². The number of phenols is 1. The fourth-order valence-corrected chi connectivity index (χ4v) is 1.07. The molecule has 0 fully saturated rings. The van der Waals surface area contributed by atoms with Crippen LogP contribution in [0.5, 0.6) is 5.75 Å². The topological polar surface area (TPSA) is 49.7 Å². The Morgan fingerprint density at radius 1 is 1.42 bits per heavy atom. The maximum absolute atomic E-state index is 9.38. The van der Waals surface area contributed by atoms with E-state index in [1.54, 1.807) is 6.07 Å². The van der Waals surface area contributed by atoms with E-state index in [1.165, 1.54) is 0 Å². The summed E-state index contributed by atoms with van der Waals surface area (Å²) in [5, 5.41) is 17.5. The summed E-state index contributed by atoms with van der Waals surface area (Å²) in [5.41, 5.74) is 1.66. The third-order valence-corrected chi connectivity index (χ3v) is 1.76. The zero-order valence-electron chi connectivity index (χ0n) is 6.95. The summed E-state index contributed by atoms with van der Waals surface area (Å²) >= 11 is 0. The quantitative estimate of drug-likeness (QED) is 0.535. The molecule has 0 atom stereocenters. The van der Waals surface area contributed by atoms with E-state index in [0.717, 1.165) is 17.5 Å². The molecule has 0 radical (unpaired) electrons. The van der Waals surface area contributed by atoms with E-state index in [4.69, 9.17) is 5.26 Å². The lowest BCUT2D eigenvalue weighted by Crippen LogP contribution is -1.89. The predicted molar refractivity (Wildman–Crippen MR) is 44.9 cm³/mol. The van der Waals surface area contributed by atoms with Gasteiger partial charge in [-0.1, -0.05) is 19.1 Å². The molecule has 0 aliphatic carbocycles. The maximum atomic E-state index is 9.38. The number of benzene rings is 1. The molecule has 0 amide bonds. The lowest BCUT2D eigenvalue weighted by atomic mass is 10.1. The van der Waals surface area contributed by atoms with Gasteiger partial charge in [-0.2, -0.15) is 0 Å². The first-order valence-electron chi connectivity index (χ1n) is 3.85. The Morgan fingerprint density at radius 2 is 2.17 bits per heavy atom. The van der Waals surface area contributed by atoms with Crippen LogP contribution in [-0.4, -0.2) is 10.4 Å². The molecule has 0 saturated carbocycles. The minimum atomic E-state index is 0.109. The Kier molecular flexibility index (Phi) is 3.08. The molecular formula is C9H12O3. The van der Waals surface area contributed by atoms with Crippen molar-refractivity contribution >= 4 is 0 Å². The Bertz CT molecular complexity index is 258. The van der Waals surface area contributed by atoms with E-state index >= 15 is 0 Å². The van der Waals surface area contributed by atoms with E-state index in [1.807, 2.05) is 19.1 Å². The molecule has 1 aromatic rings. The third-order valence-electron chi connectivity index (χ3n) is 1.76. The highest BCUT2D eigenvalue weighted by Gasteiger charge is 2.00. The number of aryl methyl sites for hydroxylation is 1. The first kappa shape index (κ1) is 9.03. The summed E-state index contributed by atoms with van der Waals surface area (Å²) < 4.78 is 0. The molecule has 0 unspecified atom stereocenters. The standard InChI is InChI=1S/C9H12O3/c1-2-8-4-3-7(6-12-11)5-9(8)10/h3-5,10-11H,2,6H2,1H3. The van der Waals surface area contributed by atoms with Crippen LogP contribution in [0.1, 0.15) is 18.1 Å². The molecule has 0 aliphatic rings. The third kappa shape index (κ3) is 1.96. The van der Waals surface area contributed by atoms with Gasteiger partial charge in [-0.05, 0) is 23.6 Å². The van der Waals surface area contributed by atoms with Crippen molar-refractivity contribution in [3.8, 4) is 5.75 Å². The monoisotopic (exact) mass is 168 g/mol. The van der Waals surface area contributed by atoms with Crippen molar-refractivity contribution in [1.82, 2.24) is 0 Å². The molecule has 0 bridgehead atoms. The summed E-state index contributed by atoms with van der Waals surface area (Å²) in [6, 6.07) is 5.23. The van der Waals surface area contributed by atoms with Crippen LogP contribution in [0.25, 0.3) is 0 Å². The van der Waals surface area contributed by atoms with E-state index in [9.17, 15) is 5.11 Å². The molecule has 66 valence electrons. The molecule has 0 aromatic heterocycles. The highest BCUT2D eigenvalue weighted by atomic mass is 17.1. The summed E-state index contributed by atoms with van der Waals surface area (Å²) in [6.45, 7) is 2.08. The highest BCUT2D eigenvalue weighted by Crippen LogP contribution is 2.19. The molecule has 3 nitrogen and oxygen atoms in total. The first-order valence-corrected chi connectivity index (χ1v) is 3.85. The Balaban J connectivity index is 2.86. The number of rotatable bonds is 3. The maximum Gasteiger partial charge on any atom is 0.119 e. The van der Waals surface area contributed by atoms with E-state index in [2.05, 4.69) is 4.89 Å². The van der Waals surface area contributed by atoms with Crippen molar-refractivity contribution < 1.29 is 15.3 Å². The minimum absolute atomic E-state index is 0.109. The van der Waals surface area contributed by atoms with Crippen molar-refractivity contribution in [2.24, 2.45) is 0 Å². The van der Waals surface area contributed by atoms with Crippen molar-refractivity contribution in [2.45, 2.75) is 20.0 Å². The zero-order chi connectivity index (χ0) is 8.97. The van der Waals surface area contributed by atoms with Gasteiger partial charge in [0, 0.05) is 0 Å². The second kappa shape index (κ2) is 4.09.